The van der Waals surface area contributed by atoms with Gasteiger partial charge in [-0.15, -0.1) is 0 Å². The third-order valence-electron chi connectivity index (χ3n) is 3.07. The highest BCUT2D eigenvalue weighted by Gasteiger charge is 2.20. The number of carbonyl (C=O) groups excluding carboxylic acids is 1. The maximum absolute atomic E-state index is 12.4. The normalized spacial score (nSPS) is 11.0. The van der Waals surface area contributed by atoms with E-state index in [0.29, 0.717) is 0 Å². The fraction of sp³-hybridized carbons (Fsp3) is 0.188. The number of esters is 1. The third-order valence-corrected chi connectivity index (χ3v) is 4.46. The van der Waals surface area contributed by atoms with Crippen LogP contribution >= 0.6 is 0 Å². The van der Waals surface area contributed by atoms with Crippen LogP contribution < -0.4 is 4.72 Å². The smallest absolute Gasteiger partial charge is 0.340 e. The summed E-state index contributed by atoms with van der Waals surface area (Å²) in [5, 5.41) is 9.57. The number of nitrogens with one attached hydrogen (secondary N) is 1. The lowest BCUT2D eigenvalue weighted by molar-refractivity contribution is 0.0527. The van der Waals surface area contributed by atoms with E-state index in [0.717, 1.165) is 11.6 Å². The quantitative estimate of drug-likeness (QED) is 0.820. The van der Waals surface area contributed by atoms with Gasteiger partial charge in [0.15, 0.2) is 0 Å². The first-order chi connectivity index (χ1) is 10.8. The molecule has 2 aromatic rings. The Morgan fingerprint density at radius 3 is 2.43 bits per heavy atom. The molecule has 122 valence electrons. The van der Waals surface area contributed by atoms with Crippen molar-refractivity contribution in [1.82, 2.24) is 0 Å². The van der Waals surface area contributed by atoms with Crippen molar-refractivity contribution >= 4 is 21.7 Å². The molecular weight excluding hydrogens is 318 g/mol. The summed E-state index contributed by atoms with van der Waals surface area (Å²) in [7, 11) is -3.89. The van der Waals surface area contributed by atoms with E-state index in [1.54, 1.807) is 19.1 Å². The molecule has 0 aliphatic rings. The number of rotatable bonds is 5. The van der Waals surface area contributed by atoms with Gasteiger partial charge in [-0.05, 0) is 38.1 Å². The number of phenolic OH excluding ortho intramolecular Hbond substituents is 1. The van der Waals surface area contributed by atoms with Crippen LogP contribution in [0.25, 0.3) is 0 Å². The number of anilines is 1. The zero-order valence-corrected chi connectivity index (χ0v) is 13.6. The molecule has 0 fully saturated rings. The number of benzene rings is 2. The van der Waals surface area contributed by atoms with Crippen molar-refractivity contribution < 1.29 is 23.1 Å². The molecule has 0 amide bonds. The summed E-state index contributed by atoms with van der Waals surface area (Å²) in [6.45, 7) is 3.65. The van der Waals surface area contributed by atoms with Gasteiger partial charge in [0, 0.05) is 6.07 Å². The monoisotopic (exact) mass is 335 g/mol. The minimum Gasteiger partial charge on any atom is -0.508 e. The third kappa shape index (κ3) is 4.01. The molecule has 0 radical (unpaired) electrons. The Morgan fingerprint density at radius 2 is 1.83 bits per heavy atom. The van der Waals surface area contributed by atoms with Gasteiger partial charge in [0.2, 0.25) is 0 Å². The molecule has 0 bridgehead atoms. The molecule has 0 unspecified atom stereocenters. The summed E-state index contributed by atoms with van der Waals surface area (Å²) < 4.78 is 32.0. The zero-order chi connectivity index (χ0) is 17.0. The minimum absolute atomic E-state index is 0.0281. The van der Waals surface area contributed by atoms with E-state index in [-0.39, 0.29) is 28.5 Å². The largest absolute Gasteiger partial charge is 0.508 e. The van der Waals surface area contributed by atoms with Crippen molar-refractivity contribution in [3.8, 4) is 5.75 Å². The van der Waals surface area contributed by atoms with E-state index in [2.05, 4.69) is 4.72 Å². The summed E-state index contributed by atoms with van der Waals surface area (Å²) in [6, 6.07) is 10.0. The second-order valence-electron chi connectivity index (χ2n) is 4.87. The van der Waals surface area contributed by atoms with Crippen molar-refractivity contribution in [2.45, 2.75) is 18.7 Å². The van der Waals surface area contributed by atoms with Crippen LogP contribution in [-0.4, -0.2) is 26.1 Å². The molecule has 0 aromatic heterocycles. The number of carbonyl (C=O) groups is 1. The van der Waals surface area contributed by atoms with Crippen LogP contribution in [0.1, 0.15) is 22.8 Å². The number of hydrogen-bond donors (Lipinski definition) is 2. The molecule has 2 aromatic carbocycles. The maximum atomic E-state index is 12.4. The standard InChI is InChI=1S/C16H17NO5S/c1-3-22-16(19)14-9-6-12(18)10-15(14)17-23(20,21)13-7-4-11(2)5-8-13/h4-10,17-18H,3H2,1-2H3. The Balaban J connectivity index is 2.40. The second-order valence-corrected chi connectivity index (χ2v) is 6.55. The summed E-state index contributed by atoms with van der Waals surface area (Å²) in [5.41, 5.74) is 0.915. The van der Waals surface area contributed by atoms with Gasteiger partial charge in [-0.2, -0.15) is 0 Å². The van der Waals surface area contributed by atoms with Crippen molar-refractivity contribution in [2.24, 2.45) is 0 Å². The van der Waals surface area contributed by atoms with Gasteiger partial charge in [0.05, 0.1) is 22.8 Å². The van der Waals surface area contributed by atoms with E-state index in [9.17, 15) is 18.3 Å². The second kappa shape index (κ2) is 6.70. The fourth-order valence-corrected chi connectivity index (χ4v) is 3.00. The SMILES string of the molecule is CCOC(=O)c1ccc(O)cc1NS(=O)(=O)c1ccc(C)cc1. The molecule has 7 heteroatoms. The highest BCUT2D eigenvalue weighted by atomic mass is 32.2. The Labute approximate surface area is 134 Å². The van der Waals surface area contributed by atoms with Gasteiger partial charge in [-0.25, -0.2) is 13.2 Å². The van der Waals surface area contributed by atoms with Gasteiger partial charge in [-0.3, -0.25) is 4.72 Å². The van der Waals surface area contributed by atoms with Gasteiger partial charge >= 0.3 is 5.97 Å². The minimum atomic E-state index is -3.89. The molecule has 0 saturated heterocycles. The summed E-state index contributed by atoms with van der Waals surface area (Å²) in [4.78, 5) is 12.0. The van der Waals surface area contributed by atoms with E-state index in [4.69, 9.17) is 4.74 Å². The number of ether oxygens (including phenoxy) is 1. The summed E-state index contributed by atoms with van der Waals surface area (Å²) in [5.74, 6) is -0.839. The molecule has 0 aliphatic carbocycles. The van der Waals surface area contributed by atoms with E-state index in [1.807, 2.05) is 6.92 Å². The molecule has 2 rings (SSSR count). The first-order valence-electron chi connectivity index (χ1n) is 6.93. The van der Waals surface area contributed by atoms with Crippen LogP contribution in [0.3, 0.4) is 0 Å². The van der Waals surface area contributed by atoms with Gasteiger partial charge in [0.1, 0.15) is 5.75 Å². The molecule has 0 atom stereocenters. The first kappa shape index (κ1) is 16.8. The molecule has 6 nitrogen and oxygen atoms in total. The Kier molecular flexibility index (Phi) is 4.90. The average molecular weight is 335 g/mol. The number of aryl methyl sites for hydroxylation is 1. The fourth-order valence-electron chi connectivity index (χ4n) is 1.92. The molecule has 0 saturated carbocycles. The van der Waals surface area contributed by atoms with Crippen LogP contribution in [-0.2, 0) is 14.8 Å². The van der Waals surface area contributed by atoms with Crippen LogP contribution in [0.4, 0.5) is 5.69 Å². The Bertz CT molecular complexity index is 813. The molecular formula is C16H17NO5S. The van der Waals surface area contributed by atoms with Crippen LogP contribution in [0.2, 0.25) is 0 Å². The number of hydrogen-bond acceptors (Lipinski definition) is 5. The highest BCUT2D eigenvalue weighted by molar-refractivity contribution is 7.92. The number of phenols is 1. The molecule has 0 heterocycles. The Morgan fingerprint density at radius 1 is 1.17 bits per heavy atom. The number of aromatic hydroxyl groups is 1. The lowest BCUT2D eigenvalue weighted by atomic mass is 10.2. The highest BCUT2D eigenvalue weighted by Crippen LogP contribution is 2.25. The topological polar surface area (TPSA) is 92.7 Å². The average Bonchev–Trinajstić information content (AvgIpc) is 2.47. The lowest BCUT2D eigenvalue weighted by Crippen LogP contribution is -2.16. The zero-order valence-electron chi connectivity index (χ0n) is 12.7. The van der Waals surface area contributed by atoms with Gasteiger partial charge < -0.3 is 9.84 Å². The Hall–Kier alpha value is -2.54. The van der Waals surface area contributed by atoms with Crippen LogP contribution in [0.5, 0.6) is 5.75 Å². The summed E-state index contributed by atoms with van der Waals surface area (Å²) in [6.07, 6.45) is 0. The number of sulfonamides is 1. The predicted molar refractivity (Wildman–Crippen MR) is 86.1 cm³/mol. The van der Waals surface area contributed by atoms with Crippen molar-refractivity contribution in [1.29, 1.82) is 0 Å². The van der Waals surface area contributed by atoms with Gasteiger partial charge in [0.25, 0.3) is 10.0 Å². The van der Waals surface area contributed by atoms with Crippen LogP contribution in [0.15, 0.2) is 47.4 Å². The van der Waals surface area contributed by atoms with Crippen molar-refractivity contribution in [2.75, 3.05) is 11.3 Å². The van der Waals surface area contributed by atoms with Gasteiger partial charge in [-0.1, -0.05) is 17.7 Å². The molecule has 0 aliphatic heterocycles. The van der Waals surface area contributed by atoms with E-state index >= 15 is 0 Å². The molecule has 23 heavy (non-hydrogen) atoms. The predicted octanol–water partition coefficient (Wildman–Crippen LogP) is 2.68. The summed E-state index contributed by atoms with van der Waals surface area (Å²) >= 11 is 0. The lowest BCUT2D eigenvalue weighted by Gasteiger charge is -2.12. The van der Waals surface area contributed by atoms with Crippen molar-refractivity contribution in [3.63, 3.8) is 0 Å². The first-order valence-corrected chi connectivity index (χ1v) is 8.41. The van der Waals surface area contributed by atoms with E-state index < -0.39 is 16.0 Å². The van der Waals surface area contributed by atoms with E-state index in [1.165, 1.54) is 24.3 Å². The molecule has 0 spiro atoms. The van der Waals surface area contributed by atoms with Crippen molar-refractivity contribution in [3.05, 3.63) is 53.6 Å². The molecule has 2 N–H and O–H groups in total. The van der Waals surface area contributed by atoms with Crippen LogP contribution in [0, 0.1) is 6.92 Å². The maximum Gasteiger partial charge on any atom is 0.340 e.